The maximum absolute atomic E-state index is 11.8. The summed E-state index contributed by atoms with van der Waals surface area (Å²) >= 11 is 0. The van der Waals surface area contributed by atoms with E-state index in [2.05, 4.69) is 15.7 Å². The van der Waals surface area contributed by atoms with Gasteiger partial charge in [-0.2, -0.15) is 5.10 Å². The molecule has 2 aromatic rings. The monoisotopic (exact) mass is 260 g/mol. The van der Waals surface area contributed by atoms with Crippen LogP contribution in [0.1, 0.15) is 24.3 Å². The lowest BCUT2D eigenvalue weighted by Crippen LogP contribution is -2.39. The summed E-state index contributed by atoms with van der Waals surface area (Å²) in [6.45, 7) is 3.68. The van der Waals surface area contributed by atoms with Gasteiger partial charge in [-0.05, 0) is 32.0 Å². The SMILES string of the molecule is CC(C)NC(=O)CNC(=O)c1cc2ccccn2n1. The number of nitrogens with zero attached hydrogens (tertiary/aromatic N) is 2. The lowest BCUT2D eigenvalue weighted by atomic mass is 10.3. The second-order valence-electron chi connectivity index (χ2n) is 4.50. The Balaban J connectivity index is 1.98. The van der Waals surface area contributed by atoms with Crippen LogP contribution in [0.2, 0.25) is 0 Å². The Morgan fingerprint density at radius 3 is 2.84 bits per heavy atom. The Kier molecular flexibility index (Phi) is 3.79. The van der Waals surface area contributed by atoms with Gasteiger partial charge in [-0.1, -0.05) is 6.07 Å². The minimum Gasteiger partial charge on any atom is -0.352 e. The second-order valence-corrected chi connectivity index (χ2v) is 4.50. The summed E-state index contributed by atoms with van der Waals surface area (Å²) in [4.78, 5) is 23.2. The van der Waals surface area contributed by atoms with Crippen molar-refractivity contribution in [2.45, 2.75) is 19.9 Å². The van der Waals surface area contributed by atoms with Crippen molar-refractivity contribution >= 4 is 17.3 Å². The Morgan fingerprint density at radius 2 is 2.16 bits per heavy atom. The van der Waals surface area contributed by atoms with Gasteiger partial charge in [0, 0.05) is 12.2 Å². The molecule has 2 heterocycles. The standard InChI is InChI=1S/C13H16N4O2/c1-9(2)15-12(18)8-14-13(19)11-7-10-5-3-4-6-17(10)16-11/h3-7,9H,8H2,1-2H3,(H,14,19)(H,15,18). The van der Waals surface area contributed by atoms with E-state index in [0.717, 1.165) is 5.52 Å². The fraction of sp³-hybridized carbons (Fsp3) is 0.308. The lowest BCUT2D eigenvalue weighted by Gasteiger charge is -2.08. The van der Waals surface area contributed by atoms with E-state index in [-0.39, 0.29) is 24.4 Å². The van der Waals surface area contributed by atoms with Gasteiger partial charge >= 0.3 is 0 Å². The van der Waals surface area contributed by atoms with Crippen LogP contribution in [0.25, 0.3) is 5.52 Å². The number of carbonyl (C=O) groups is 2. The normalized spacial score (nSPS) is 10.7. The molecule has 2 amide bonds. The molecule has 0 bridgehead atoms. The van der Waals surface area contributed by atoms with Crippen LogP contribution in [0, 0.1) is 0 Å². The van der Waals surface area contributed by atoms with E-state index >= 15 is 0 Å². The molecular formula is C13H16N4O2. The fourth-order valence-corrected chi connectivity index (χ4v) is 1.67. The van der Waals surface area contributed by atoms with Crippen LogP contribution in [0.15, 0.2) is 30.5 Å². The summed E-state index contributed by atoms with van der Waals surface area (Å²) in [7, 11) is 0. The van der Waals surface area contributed by atoms with Crippen molar-refractivity contribution in [1.82, 2.24) is 20.2 Å². The highest BCUT2D eigenvalue weighted by molar-refractivity contribution is 5.95. The van der Waals surface area contributed by atoms with Gasteiger partial charge in [0.25, 0.3) is 5.91 Å². The van der Waals surface area contributed by atoms with E-state index in [1.807, 2.05) is 32.0 Å². The Morgan fingerprint density at radius 1 is 1.37 bits per heavy atom. The van der Waals surface area contributed by atoms with Crippen molar-refractivity contribution in [3.05, 3.63) is 36.2 Å². The van der Waals surface area contributed by atoms with E-state index in [1.54, 1.807) is 16.8 Å². The predicted molar refractivity (Wildman–Crippen MR) is 70.8 cm³/mol. The van der Waals surface area contributed by atoms with Crippen LogP contribution in [0.4, 0.5) is 0 Å². The maximum atomic E-state index is 11.8. The zero-order chi connectivity index (χ0) is 13.8. The summed E-state index contributed by atoms with van der Waals surface area (Å²) in [6.07, 6.45) is 1.76. The summed E-state index contributed by atoms with van der Waals surface area (Å²) < 4.78 is 1.61. The zero-order valence-electron chi connectivity index (χ0n) is 10.9. The fourth-order valence-electron chi connectivity index (χ4n) is 1.67. The van der Waals surface area contributed by atoms with Gasteiger partial charge in [-0.3, -0.25) is 9.59 Å². The van der Waals surface area contributed by atoms with E-state index in [1.165, 1.54) is 0 Å². The molecule has 0 aromatic carbocycles. The minimum absolute atomic E-state index is 0.0507. The number of amides is 2. The average molecular weight is 260 g/mol. The number of nitrogens with one attached hydrogen (secondary N) is 2. The van der Waals surface area contributed by atoms with E-state index in [0.29, 0.717) is 5.69 Å². The molecule has 0 spiro atoms. The molecule has 2 N–H and O–H groups in total. The van der Waals surface area contributed by atoms with Gasteiger partial charge in [0.05, 0.1) is 12.1 Å². The van der Waals surface area contributed by atoms with Crippen LogP contribution >= 0.6 is 0 Å². The topological polar surface area (TPSA) is 75.5 Å². The van der Waals surface area contributed by atoms with Crippen molar-refractivity contribution in [2.24, 2.45) is 0 Å². The Bertz CT molecular complexity index is 570. The zero-order valence-corrected chi connectivity index (χ0v) is 10.9. The number of fused-ring (bicyclic) bond motifs is 1. The molecular weight excluding hydrogens is 244 g/mol. The summed E-state index contributed by atoms with van der Waals surface area (Å²) in [5.41, 5.74) is 1.13. The predicted octanol–water partition coefficient (Wildman–Crippen LogP) is 0.589. The largest absolute Gasteiger partial charge is 0.352 e. The first-order chi connectivity index (χ1) is 9.06. The quantitative estimate of drug-likeness (QED) is 0.844. The molecule has 2 rings (SSSR count). The second kappa shape index (κ2) is 5.51. The van der Waals surface area contributed by atoms with Crippen molar-refractivity contribution in [1.29, 1.82) is 0 Å². The van der Waals surface area contributed by atoms with Crippen LogP contribution in [-0.4, -0.2) is 34.0 Å². The number of hydrogen-bond donors (Lipinski definition) is 2. The molecule has 0 aliphatic carbocycles. The number of pyridine rings is 1. The van der Waals surface area contributed by atoms with Crippen molar-refractivity contribution in [3.8, 4) is 0 Å². The lowest BCUT2D eigenvalue weighted by molar-refractivity contribution is -0.120. The van der Waals surface area contributed by atoms with Gasteiger partial charge in [0.15, 0.2) is 5.69 Å². The number of carbonyl (C=O) groups excluding carboxylic acids is 2. The maximum Gasteiger partial charge on any atom is 0.272 e. The van der Waals surface area contributed by atoms with Gasteiger partial charge in [-0.25, -0.2) is 4.52 Å². The number of aromatic nitrogens is 2. The van der Waals surface area contributed by atoms with Crippen LogP contribution in [0.3, 0.4) is 0 Å². The molecule has 100 valence electrons. The third kappa shape index (κ3) is 3.31. The van der Waals surface area contributed by atoms with Crippen LogP contribution in [-0.2, 0) is 4.79 Å². The minimum atomic E-state index is -0.359. The van der Waals surface area contributed by atoms with E-state index < -0.39 is 0 Å². The highest BCUT2D eigenvalue weighted by Gasteiger charge is 2.12. The van der Waals surface area contributed by atoms with Crippen molar-refractivity contribution in [2.75, 3.05) is 6.54 Å². The highest BCUT2D eigenvalue weighted by Crippen LogP contribution is 2.05. The highest BCUT2D eigenvalue weighted by atomic mass is 16.2. The molecule has 0 aliphatic heterocycles. The van der Waals surface area contributed by atoms with Crippen LogP contribution < -0.4 is 10.6 Å². The molecule has 0 radical (unpaired) electrons. The van der Waals surface area contributed by atoms with Gasteiger partial charge in [-0.15, -0.1) is 0 Å². The van der Waals surface area contributed by atoms with Crippen molar-refractivity contribution < 1.29 is 9.59 Å². The molecule has 0 saturated heterocycles. The number of rotatable bonds is 4. The average Bonchev–Trinajstić information content (AvgIpc) is 2.78. The summed E-state index contributed by atoms with van der Waals surface area (Å²) in [5, 5.41) is 9.36. The first kappa shape index (κ1) is 13.1. The first-order valence-corrected chi connectivity index (χ1v) is 6.08. The number of hydrogen-bond acceptors (Lipinski definition) is 3. The third-order valence-corrected chi connectivity index (χ3v) is 2.46. The smallest absolute Gasteiger partial charge is 0.272 e. The van der Waals surface area contributed by atoms with Gasteiger partial charge in [0.1, 0.15) is 0 Å². The molecule has 19 heavy (non-hydrogen) atoms. The molecule has 0 unspecified atom stereocenters. The molecule has 0 fully saturated rings. The Labute approximate surface area is 110 Å². The van der Waals surface area contributed by atoms with Crippen LogP contribution in [0.5, 0.6) is 0 Å². The molecule has 0 atom stereocenters. The summed E-state index contributed by atoms with van der Waals surface area (Å²) in [5.74, 6) is -0.574. The molecule has 2 aromatic heterocycles. The van der Waals surface area contributed by atoms with Crippen molar-refractivity contribution in [3.63, 3.8) is 0 Å². The molecule has 0 saturated carbocycles. The molecule has 6 heteroatoms. The van der Waals surface area contributed by atoms with E-state index in [9.17, 15) is 9.59 Å². The van der Waals surface area contributed by atoms with Gasteiger partial charge in [0.2, 0.25) is 5.91 Å². The first-order valence-electron chi connectivity index (χ1n) is 6.08. The summed E-state index contributed by atoms with van der Waals surface area (Å²) in [6, 6.07) is 7.29. The molecule has 6 nitrogen and oxygen atoms in total. The third-order valence-electron chi connectivity index (χ3n) is 2.46. The molecule has 0 aliphatic rings. The van der Waals surface area contributed by atoms with Gasteiger partial charge < -0.3 is 10.6 Å². The van der Waals surface area contributed by atoms with E-state index in [4.69, 9.17) is 0 Å². The Hall–Kier alpha value is -2.37.